The predicted octanol–water partition coefficient (Wildman–Crippen LogP) is 9.13. The predicted molar refractivity (Wildman–Crippen MR) is 145 cm³/mol. The Bertz CT molecular complexity index is 1060. The number of aromatic nitrogens is 2. The number of aryl methyl sites for hydroxylation is 1. The van der Waals surface area contributed by atoms with E-state index >= 15 is 0 Å². The highest BCUT2D eigenvalue weighted by Crippen LogP contribution is 2.39. The van der Waals surface area contributed by atoms with E-state index in [1.807, 2.05) is 27.7 Å². The summed E-state index contributed by atoms with van der Waals surface area (Å²) in [6, 6.07) is 29.6. The molecule has 0 spiro atoms. The fourth-order valence-electron chi connectivity index (χ4n) is 3.74. The van der Waals surface area contributed by atoms with Crippen LogP contribution in [0.3, 0.4) is 0 Å². The van der Waals surface area contributed by atoms with Crippen LogP contribution in [0.25, 0.3) is 5.69 Å². The first-order valence-corrected chi connectivity index (χ1v) is 12.1. The molecule has 1 heterocycles. The summed E-state index contributed by atoms with van der Waals surface area (Å²) in [5, 5.41) is 4.97. The van der Waals surface area contributed by atoms with Crippen molar-refractivity contribution >= 4 is 17.2 Å². The zero-order chi connectivity index (χ0) is 24.4. The average molecular weight is 442 g/mol. The Hall–Kier alpha value is -3.33. The molecule has 3 aromatic carbocycles. The van der Waals surface area contributed by atoms with Crippen LogP contribution in [-0.2, 0) is 0 Å². The maximum Gasteiger partial charge on any atom is 0.144 e. The molecule has 0 radical (unpaired) electrons. The monoisotopic (exact) mass is 441 g/mol. The number of hydrogen-bond acceptors (Lipinski definition) is 2. The van der Waals surface area contributed by atoms with Crippen LogP contribution in [0.1, 0.15) is 64.3 Å². The molecule has 0 amide bonds. The zero-order valence-corrected chi connectivity index (χ0v) is 21.5. The number of rotatable bonds is 5. The normalized spacial score (nSPS) is 10.1. The van der Waals surface area contributed by atoms with E-state index in [9.17, 15) is 0 Å². The Kier molecular flexibility index (Phi) is 9.93. The molecule has 3 nitrogen and oxygen atoms in total. The van der Waals surface area contributed by atoms with Gasteiger partial charge in [-0.15, -0.1) is 0 Å². The number of anilines is 3. The molecule has 0 atom stereocenters. The van der Waals surface area contributed by atoms with Crippen LogP contribution in [0.4, 0.5) is 17.2 Å². The van der Waals surface area contributed by atoms with Crippen molar-refractivity contribution in [2.24, 2.45) is 0 Å². The summed E-state index contributed by atoms with van der Waals surface area (Å²) in [4.78, 5) is 2.30. The van der Waals surface area contributed by atoms with Crippen molar-refractivity contribution in [2.45, 2.75) is 61.3 Å². The van der Waals surface area contributed by atoms with Crippen LogP contribution < -0.4 is 4.90 Å². The van der Waals surface area contributed by atoms with E-state index in [1.165, 1.54) is 11.1 Å². The van der Waals surface area contributed by atoms with Crippen LogP contribution in [0.2, 0.25) is 0 Å². The van der Waals surface area contributed by atoms with E-state index in [0.717, 1.165) is 28.6 Å². The molecule has 4 rings (SSSR count). The van der Waals surface area contributed by atoms with Gasteiger partial charge in [-0.1, -0.05) is 96.1 Å². The van der Waals surface area contributed by atoms with Crippen molar-refractivity contribution in [3.05, 3.63) is 102 Å². The molecule has 0 aliphatic heterocycles. The van der Waals surface area contributed by atoms with Gasteiger partial charge in [0.2, 0.25) is 0 Å². The molecule has 0 unspecified atom stereocenters. The largest absolute Gasteiger partial charge is 0.295 e. The summed E-state index contributed by atoms with van der Waals surface area (Å²) in [6.07, 6.45) is 0. The molecular weight excluding hydrogens is 402 g/mol. The molecule has 4 aromatic rings. The van der Waals surface area contributed by atoms with Gasteiger partial charge >= 0.3 is 0 Å². The third-order valence-electron chi connectivity index (χ3n) is 5.36. The highest BCUT2D eigenvalue weighted by atomic mass is 15.4. The minimum Gasteiger partial charge on any atom is -0.295 e. The average Bonchev–Trinajstić information content (AvgIpc) is 3.17. The Morgan fingerprint density at radius 1 is 0.667 bits per heavy atom. The van der Waals surface area contributed by atoms with Crippen molar-refractivity contribution in [1.82, 2.24) is 9.78 Å². The van der Waals surface area contributed by atoms with Crippen LogP contribution in [0, 0.1) is 13.8 Å². The lowest BCUT2D eigenvalue weighted by Gasteiger charge is -2.27. The molecule has 0 aliphatic rings. The summed E-state index contributed by atoms with van der Waals surface area (Å²) in [5.41, 5.74) is 6.87. The van der Waals surface area contributed by atoms with E-state index in [1.54, 1.807) is 0 Å². The quantitative estimate of drug-likeness (QED) is 0.308. The van der Waals surface area contributed by atoms with Gasteiger partial charge in [0.05, 0.1) is 11.4 Å². The molecule has 33 heavy (non-hydrogen) atoms. The van der Waals surface area contributed by atoms with E-state index in [2.05, 4.69) is 122 Å². The van der Waals surface area contributed by atoms with Gasteiger partial charge in [-0.25, -0.2) is 4.68 Å². The van der Waals surface area contributed by atoms with Crippen molar-refractivity contribution in [3.8, 4) is 5.69 Å². The third-order valence-corrected chi connectivity index (χ3v) is 5.36. The first-order chi connectivity index (χ1) is 16.1. The van der Waals surface area contributed by atoms with Gasteiger partial charge in [-0.3, -0.25) is 4.90 Å². The second kappa shape index (κ2) is 12.6. The molecule has 1 aromatic heterocycles. The van der Waals surface area contributed by atoms with Crippen molar-refractivity contribution in [1.29, 1.82) is 0 Å². The van der Waals surface area contributed by atoms with Crippen LogP contribution in [0.15, 0.2) is 84.9 Å². The maximum absolute atomic E-state index is 4.97. The Morgan fingerprint density at radius 3 is 1.61 bits per heavy atom. The van der Waals surface area contributed by atoms with Gasteiger partial charge in [0, 0.05) is 16.9 Å². The molecular formula is C30H39N3. The topological polar surface area (TPSA) is 21.1 Å². The standard InChI is InChI=1S/C26H27N3.2C2H6/c1-19(2)24-17-11-12-18-25(24)29-26(20(3)21(4)27-29)28(22-13-7-5-8-14-22)23-15-9-6-10-16-23;2*1-2/h5-19H,1-4H3;2*1-2H3. The van der Waals surface area contributed by atoms with Crippen LogP contribution in [-0.4, -0.2) is 9.78 Å². The lowest BCUT2D eigenvalue weighted by molar-refractivity contribution is 0.800. The zero-order valence-electron chi connectivity index (χ0n) is 21.5. The highest BCUT2D eigenvalue weighted by Gasteiger charge is 2.23. The molecule has 0 aliphatic carbocycles. The second-order valence-electron chi connectivity index (χ2n) is 7.67. The van der Waals surface area contributed by atoms with Gasteiger partial charge in [0.25, 0.3) is 0 Å². The maximum atomic E-state index is 4.97. The summed E-state index contributed by atoms with van der Waals surface area (Å²) in [6.45, 7) is 16.7. The Morgan fingerprint density at radius 2 is 1.12 bits per heavy atom. The minimum absolute atomic E-state index is 0.408. The smallest absolute Gasteiger partial charge is 0.144 e. The fourth-order valence-corrected chi connectivity index (χ4v) is 3.74. The number of para-hydroxylation sites is 3. The van der Waals surface area contributed by atoms with Gasteiger partial charge in [-0.2, -0.15) is 5.10 Å². The van der Waals surface area contributed by atoms with Crippen molar-refractivity contribution in [3.63, 3.8) is 0 Å². The highest BCUT2D eigenvalue weighted by molar-refractivity contribution is 5.77. The first kappa shape index (κ1) is 25.9. The van der Waals surface area contributed by atoms with Gasteiger partial charge in [0.1, 0.15) is 5.82 Å². The third kappa shape index (κ3) is 5.73. The summed E-state index contributed by atoms with van der Waals surface area (Å²) < 4.78 is 2.11. The molecule has 0 fully saturated rings. The van der Waals surface area contributed by atoms with Crippen molar-refractivity contribution < 1.29 is 0 Å². The van der Waals surface area contributed by atoms with Crippen LogP contribution >= 0.6 is 0 Å². The van der Waals surface area contributed by atoms with Gasteiger partial charge < -0.3 is 0 Å². The Labute approximate surface area is 200 Å². The second-order valence-corrected chi connectivity index (χ2v) is 7.67. The molecule has 0 N–H and O–H groups in total. The summed E-state index contributed by atoms with van der Waals surface area (Å²) >= 11 is 0. The Balaban J connectivity index is 0.000000914. The SMILES string of the molecule is CC.CC.Cc1nn(-c2ccccc2C(C)C)c(N(c2ccccc2)c2ccccc2)c1C. The summed E-state index contributed by atoms with van der Waals surface area (Å²) in [5.74, 6) is 1.48. The van der Waals surface area contributed by atoms with Crippen molar-refractivity contribution in [2.75, 3.05) is 4.90 Å². The van der Waals surface area contributed by atoms with E-state index in [-0.39, 0.29) is 0 Å². The number of hydrogen-bond donors (Lipinski definition) is 0. The van der Waals surface area contributed by atoms with E-state index in [0.29, 0.717) is 5.92 Å². The minimum atomic E-state index is 0.408. The lowest BCUT2D eigenvalue weighted by Crippen LogP contribution is -2.16. The molecule has 0 saturated heterocycles. The number of benzene rings is 3. The fraction of sp³-hybridized carbons (Fsp3) is 0.300. The molecule has 3 heteroatoms. The first-order valence-electron chi connectivity index (χ1n) is 12.1. The molecule has 0 bridgehead atoms. The molecule has 0 saturated carbocycles. The van der Waals surface area contributed by atoms with Gasteiger partial charge in [-0.05, 0) is 55.7 Å². The van der Waals surface area contributed by atoms with E-state index < -0.39 is 0 Å². The van der Waals surface area contributed by atoms with E-state index in [4.69, 9.17) is 5.10 Å². The van der Waals surface area contributed by atoms with Crippen LogP contribution in [0.5, 0.6) is 0 Å². The van der Waals surface area contributed by atoms with Gasteiger partial charge in [0.15, 0.2) is 0 Å². The molecule has 174 valence electrons. The summed E-state index contributed by atoms with van der Waals surface area (Å²) in [7, 11) is 0. The lowest BCUT2D eigenvalue weighted by atomic mass is 10.0. The number of nitrogens with zero attached hydrogens (tertiary/aromatic N) is 3.